The molecule has 0 aliphatic carbocycles. The van der Waals surface area contributed by atoms with E-state index in [0.29, 0.717) is 19.8 Å². The van der Waals surface area contributed by atoms with E-state index in [-0.39, 0.29) is 19.7 Å². The largest absolute Gasteiger partial charge is 0.444 e. The SMILES string of the molecule is CC(C)(C)OC(=O)N1CC(O)(COCCOCc2ccccc2)C1. The van der Waals surface area contributed by atoms with Crippen molar-refractivity contribution in [3.05, 3.63) is 35.9 Å². The lowest BCUT2D eigenvalue weighted by molar-refractivity contribution is -0.139. The Bertz CT molecular complexity index is 520. The summed E-state index contributed by atoms with van der Waals surface area (Å²) in [6.45, 7) is 7.49. The molecule has 1 aliphatic rings. The van der Waals surface area contributed by atoms with Crippen molar-refractivity contribution in [2.45, 2.75) is 38.6 Å². The monoisotopic (exact) mass is 337 g/mol. The molecule has 1 aromatic rings. The van der Waals surface area contributed by atoms with Crippen LogP contribution in [0.4, 0.5) is 4.79 Å². The highest BCUT2D eigenvalue weighted by molar-refractivity contribution is 5.69. The van der Waals surface area contributed by atoms with Crippen molar-refractivity contribution in [2.24, 2.45) is 0 Å². The third kappa shape index (κ3) is 6.11. The molecule has 0 unspecified atom stereocenters. The number of hydrogen-bond acceptors (Lipinski definition) is 5. The number of rotatable bonds is 7. The van der Waals surface area contributed by atoms with Crippen LogP contribution in [0, 0.1) is 0 Å². The third-order valence-corrected chi connectivity index (χ3v) is 3.48. The van der Waals surface area contributed by atoms with Gasteiger partial charge in [-0.1, -0.05) is 30.3 Å². The number of aliphatic hydroxyl groups is 1. The molecule has 6 heteroatoms. The number of β-amino-alcohol motifs (C(OH)–C–C–N with tert-alkyl or cyclic N) is 1. The highest BCUT2D eigenvalue weighted by Crippen LogP contribution is 2.23. The van der Waals surface area contributed by atoms with Gasteiger partial charge in [-0.05, 0) is 26.3 Å². The van der Waals surface area contributed by atoms with Crippen LogP contribution in [0.1, 0.15) is 26.3 Å². The van der Waals surface area contributed by atoms with Gasteiger partial charge in [-0.3, -0.25) is 0 Å². The van der Waals surface area contributed by atoms with Crippen LogP contribution in [0.5, 0.6) is 0 Å². The lowest BCUT2D eigenvalue weighted by Gasteiger charge is -2.45. The van der Waals surface area contributed by atoms with Crippen LogP contribution < -0.4 is 0 Å². The van der Waals surface area contributed by atoms with Crippen LogP contribution in [0.15, 0.2) is 30.3 Å². The van der Waals surface area contributed by atoms with E-state index in [9.17, 15) is 9.90 Å². The average Bonchev–Trinajstić information content (AvgIpc) is 2.47. The first-order valence-electron chi connectivity index (χ1n) is 8.17. The van der Waals surface area contributed by atoms with Crippen molar-refractivity contribution >= 4 is 6.09 Å². The molecule has 1 aliphatic heterocycles. The molecule has 0 atom stereocenters. The molecule has 0 radical (unpaired) electrons. The van der Waals surface area contributed by atoms with E-state index < -0.39 is 17.3 Å². The Balaban J connectivity index is 1.55. The molecule has 1 saturated heterocycles. The van der Waals surface area contributed by atoms with E-state index in [1.807, 2.05) is 51.1 Å². The molecular weight excluding hydrogens is 310 g/mol. The molecule has 0 aromatic heterocycles. The van der Waals surface area contributed by atoms with Crippen molar-refractivity contribution in [3.8, 4) is 0 Å². The molecule has 0 saturated carbocycles. The van der Waals surface area contributed by atoms with Gasteiger partial charge in [0.15, 0.2) is 0 Å². The molecular formula is C18H27NO5. The van der Waals surface area contributed by atoms with Gasteiger partial charge >= 0.3 is 6.09 Å². The maximum Gasteiger partial charge on any atom is 0.410 e. The van der Waals surface area contributed by atoms with Crippen LogP contribution in [-0.2, 0) is 20.8 Å². The first kappa shape index (κ1) is 18.7. The first-order valence-corrected chi connectivity index (χ1v) is 8.17. The van der Waals surface area contributed by atoms with Crippen molar-refractivity contribution in [1.29, 1.82) is 0 Å². The normalized spacial score (nSPS) is 16.6. The maximum atomic E-state index is 11.8. The number of amides is 1. The summed E-state index contributed by atoms with van der Waals surface area (Å²) < 4.78 is 16.2. The summed E-state index contributed by atoms with van der Waals surface area (Å²) in [7, 11) is 0. The van der Waals surface area contributed by atoms with E-state index in [4.69, 9.17) is 14.2 Å². The Morgan fingerprint density at radius 1 is 1.17 bits per heavy atom. The van der Waals surface area contributed by atoms with Gasteiger partial charge in [0.05, 0.1) is 39.5 Å². The quantitative estimate of drug-likeness (QED) is 0.773. The van der Waals surface area contributed by atoms with E-state index in [0.717, 1.165) is 5.56 Å². The fraction of sp³-hybridized carbons (Fsp3) is 0.611. The molecule has 0 spiro atoms. The smallest absolute Gasteiger partial charge is 0.410 e. The fourth-order valence-corrected chi connectivity index (χ4v) is 2.36. The number of carbonyl (C=O) groups is 1. The Labute approximate surface area is 143 Å². The highest BCUT2D eigenvalue weighted by atomic mass is 16.6. The van der Waals surface area contributed by atoms with Crippen LogP contribution in [-0.4, -0.2) is 60.2 Å². The minimum absolute atomic E-state index is 0.182. The molecule has 2 rings (SSSR count). The van der Waals surface area contributed by atoms with Gasteiger partial charge in [0.2, 0.25) is 0 Å². The summed E-state index contributed by atoms with van der Waals surface area (Å²) in [5.41, 5.74) is -0.406. The predicted molar refractivity (Wildman–Crippen MR) is 89.7 cm³/mol. The Morgan fingerprint density at radius 2 is 1.79 bits per heavy atom. The summed E-state index contributed by atoms with van der Waals surface area (Å²) in [4.78, 5) is 13.3. The second-order valence-electron chi connectivity index (χ2n) is 7.15. The molecule has 1 heterocycles. The molecule has 0 bridgehead atoms. The van der Waals surface area contributed by atoms with Gasteiger partial charge < -0.3 is 24.2 Å². The predicted octanol–water partition coefficient (Wildman–Crippen LogP) is 2.20. The maximum absolute atomic E-state index is 11.8. The molecule has 1 fully saturated rings. The number of hydrogen-bond donors (Lipinski definition) is 1. The second-order valence-corrected chi connectivity index (χ2v) is 7.15. The topological polar surface area (TPSA) is 68.2 Å². The van der Waals surface area contributed by atoms with Crippen molar-refractivity contribution in [3.63, 3.8) is 0 Å². The van der Waals surface area contributed by atoms with Gasteiger partial charge in [-0.15, -0.1) is 0 Å². The molecule has 1 aromatic carbocycles. The number of nitrogens with zero attached hydrogens (tertiary/aromatic N) is 1. The van der Waals surface area contributed by atoms with E-state index in [1.165, 1.54) is 4.90 Å². The standard InChI is InChI=1S/C18H27NO5/c1-17(2,3)24-16(20)19-12-18(21,13-19)14-23-10-9-22-11-15-7-5-4-6-8-15/h4-8,21H,9-14H2,1-3H3. The van der Waals surface area contributed by atoms with E-state index in [2.05, 4.69) is 0 Å². The number of benzene rings is 1. The van der Waals surface area contributed by atoms with Crippen molar-refractivity contribution in [2.75, 3.05) is 32.9 Å². The number of ether oxygens (including phenoxy) is 3. The number of carbonyl (C=O) groups excluding carboxylic acids is 1. The van der Waals surface area contributed by atoms with Crippen LogP contribution >= 0.6 is 0 Å². The Morgan fingerprint density at radius 3 is 2.42 bits per heavy atom. The zero-order valence-corrected chi connectivity index (χ0v) is 14.7. The van der Waals surface area contributed by atoms with E-state index >= 15 is 0 Å². The summed E-state index contributed by atoms with van der Waals surface area (Å²) >= 11 is 0. The van der Waals surface area contributed by atoms with Crippen LogP contribution in [0.2, 0.25) is 0 Å². The summed E-state index contributed by atoms with van der Waals surface area (Å²) in [6.07, 6.45) is -0.404. The second kappa shape index (κ2) is 7.96. The first-order chi connectivity index (χ1) is 11.3. The van der Waals surface area contributed by atoms with Gasteiger partial charge in [0.1, 0.15) is 11.2 Å². The fourth-order valence-electron chi connectivity index (χ4n) is 2.36. The summed E-state index contributed by atoms with van der Waals surface area (Å²) in [6, 6.07) is 9.91. The van der Waals surface area contributed by atoms with Crippen molar-refractivity contribution in [1.82, 2.24) is 4.90 Å². The summed E-state index contributed by atoms with van der Waals surface area (Å²) in [5, 5.41) is 10.2. The molecule has 6 nitrogen and oxygen atoms in total. The van der Waals surface area contributed by atoms with E-state index in [1.54, 1.807) is 0 Å². The van der Waals surface area contributed by atoms with Gasteiger partial charge in [-0.2, -0.15) is 0 Å². The Kier molecular flexibility index (Phi) is 6.21. The zero-order chi connectivity index (χ0) is 17.6. The number of likely N-dealkylation sites (tertiary alicyclic amines) is 1. The minimum atomic E-state index is -0.990. The van der Waals surface area contributed by atoms with Gasteiger partial charge in [0.25, 0.3) is 0 Å². The van der Waals surface area contributed by atoms with Crippen LogP contribution in [0.3, 0.4) is 0 Å². The molecule has 134 valence electrons. The van der Waals surface area contributed by atoms with Crippen LogP contribution in [0.25, 0.3) is 0 Å². The highest BCUT2D eigenvalue weighted by Gasteiger charge is 2.45. The van der Waals surface area contributed by atoms with Gasteiger partial charge in [0, 0.05) is 0 Å². The average molecular weight is 337 g/mol. The van der Waals surface area contributed by atoms with Crippen molar-refractivity contribution < 1.29 is 24.1 Å². The summed E-state index contributed by atoms with van der Waals surface area (Å²) in [5.74, 6) is 0. The lowest BCUT2D eigenvalue weighted by Crippen LogP contribution is -2.66. The molecule has 24 heavy (non-hydrogen) atoms. The zero-order valence-electron chi connectivity index (χ0n) is 14.7. The molecule has 1 amide bonds. The van der Waals surface area contributed by atoms with Gasteiger partial charge in [-0.25, -0.2) is 4.79 Å². The lowest BCUT2D eigenvalue weighted by atomic mass is 9.96. The minimum Gasteiger partial charge on any atom is -0.444 e. The third-order valence-electron chi connectivity index (χ3n) is 3.48. The molecule has 1 N–H and O–H groups in total. The Hall–Kier alpha value is -1.63.